The molecule has 1 saturated carbocycles. The maximum atomic E-state index is 12.5. The molecule has 0 aromatic carbocycles. The molecule has 2 aromatic rings. The Balaban J connectivity index is 1.89. The van der Waals surface area contributed by atoms with Crippen LogP contribution in [-0.4, -0.2) is 28.1 Å². The Morgan fingerprint density at radius 1 is 1.42 bits per heavy atom. The lowest BCUT2D eigenvalue weighted by molar-refractivity contribution is -0.116. The third-order valence-electron chi connectivity index (χ3n) is 3.87. The van der Waals surface area contributed by atoms with E-state index in [1.807, 2.05) is 0 Å². The Labute approximate surface area is 151 Å². The molecule has 0 bridgehead atoms. The van der Waals surface area contributed by atoms with Gasteiger partial charge in [0.05, 0.1) is 12.8 Å². The molecule has 0 radical (unpaired) electrons. The van der Waals surface area contributed by atoms with Crippen molar-refractivity contribution >= 4 is 28.9 Å². The van der Waals surface area contributed by atoms with E-state index in [4.69, 9.17) is 5.26 Å². The number of carbonyl (C=O) groups excluding carboxylic acids is 2. The molecule has 10 heteroatoms. The minimum absolute atomic E-state index is 0.0488. The summed E-state index contributed by atoms with van der Waals surface area (Å²) in [5, 5.41) is 13.2. The molecular weight excluding hydrogens is 360 g/mol. The third-order valence-corrected chi connectivity index (χ3v) is 4.76. The quantitative estimate of drug-likeness (QED) is 0.769. The van der Waals surface area contributed by atoms with E-state index in [0.29, 0.717) is 0 Å². The van der Waals surface area contributed by atoms with Crippen LogP contribution in [0.2, 0.25) is 0 Å². The maximum absolute atomic E-state index is 12.5. The first-order chi connectivity index (χ1) is 12.5. The van der Waals surface area contributed by atoms with Gasteiger partial charge >= 0.3 is 11.7 Å². The standard InChI is InChI=1S/C16H14N4O5S/c1-25-15(23)13-11(4-5-26-13)18-12(21)8-20-14(22)9(6-17)7-19(16(20)24)10-2-3-10/h4-5,7,10H,2-3,8H2,1H3,(H,18,21). The van der Waals surface area contributed by atoms with Crippen molar-refractivity contribution in [3.8, 4) is 6.07 Å². The first-order valence-electron chi connectivity index (χ1n) is 7.68. The SMILES string of the molecule is COC(=O)c1sccc1NC(=O)Cn1c(=O)c(C#N)cn(C2CC2)c1=O. The van der Waals surface area contributed by atoms with E-state index in [2.05, 4.69) is 10.1 Å². The number of nitrogens with zero attached hydrogens (tertiary/aromatic N) is 3. The van der Waals surface area contributed by atoms with Crippen LogP contribution in [0, 0.1) is 11.3 Å². The van der Waals surface area contributed by atoms with Gasteiger partial charge in [0.2, 0.25) is 5.91 Å². The van der Waals surface area contributed by atoms with Crippen LogP contribution >= 0.6 is 11.3 Å². The van der Waals surface area contributed by atoms with Crippen LogP contribution in [-0.2, 0) is 16.1 Å². The van der Waals surface area contributed by atoms with Gasteiger partial charge in [0.15, 0.2) is 0 Å². The molecule has 3 rings (SSSR count). The fourth-order valence-corrected chi connectivity index (χ4v) is 3.21. The largest absolute Gasteiger partial charge is 0.465 e. The summed E-state index contributed by atoms with van der Waals surface area (Å²) in [6.45, 7) is -0.559. The van der Waals surface area contributed by atoms with Gasteiger partial charge in [-0.2, -0.15) is 5.26 Å². The van der Waals surface area contributed by atoms with Crippen molar-refractivity contribution in [2.75, 3.05) is 12.4 Å². The van der Waals surface area contributed by atoms with Crippen LogP contribution in [0.4, 0.5) is 5.69 Å². The van der Waals surface area contributed by atoms with Crippen molar-refractivity contribution in [3.63, 3.8) is 0 Å². The van der Waals surface area contributed by atoms with E-state index in [9.17, 15) is 19.2 Å². The number of carbonyl (C=O) groups is 2. The van der Waals surface area contributed by atoms with E-state index in [1.165, 1.54) is 23.9 Å². The topological polar surface area (TPSA) is 123 Å². The third kappa shape index (κ3) is 3.29. The number of rotatable bonds is 5. The van der Waals surface area contributed by atoms with Crippen molar-refractivity contribution < 1.29 is 14.3 Å². The highest BCUT2D eigenvalue weighted by atomic mass is 32.1. The molecule has 9 nitrogen and oxygen atoms in total. The summed E-state index contributed by atoms with van der Waals surface area (Å²) in [5.41, 5.74) is -1.41. The second-order valence-corrected chi connectivity index (χ2v) is 6.59. The van der Waals surface area contributed by atoms with Crippen molar-refractivity contribution in [2.24, 2.45) is 0 Å². The van der Waals surface area contributed by atoms with Crippen LogP contribution in [0.1, 0.15) is 34.1 Å². The molecule has 1 aliphatic rings. The predicted molar refractivity (Wildman–Crippen MR) is 92.2 cm³/mol. The van der Waals surface area contributed by atoms with Crippen molar-refractivity contribution in [1.82, 2.24) is 9.13 Å². The van der Waals surface area contributed by atoms with E-state index in [-0.39, 0.29) is 22.2 Å². The van der Waals surface area contributed by atoms with Crippen LogP contribution < -0.4 is 16.6 Å². The van der Waals surface area contributed by atoms with Crippen LogP contribution in [0.5, 0.6) is 0 Å². The average molecular weight is 374 g/mol. The van der Waals surface area contributed by atoms with Gasteiger partial charge in [-0.25, -0.2) is 14.2 Å². The lowest BCUT2D eigenvalue weighted by atomic mass is 10.3. The molecule has 1 fully saturated rings. The first-order valence-corrected chi connectivity index (χ1v) is 8.56. The first kappa shape index (κ1) is 17.6. The summed E-state index contributed by atoms with van der Waals surface area (Å²) in [4.78, 5) is 48.9. The van der Waals surface area contributed by atoms with Gasteiger partial charge < -0.3 is 10.1 Å². The minimum atomic E-state index is -0.817. The highest BCUT2D eigenvalue weighted by Crippen LogP contribution is 2.33. The van der Waals surface area contributed by atoms with Crippen molar-refractivity contribution in [1.29, 1.82) is 5.26 Å². The molecule has 0 unspecified atom stereocenters. The molecule has 2 aromatic heterocycles. The highest BCUT2D eigenvalue weighted by molar-refractivity contribution is 7.12. The number of hydrogen-bond acceptors (Lipinski definition) is 7. The maximum Gasteiger partial charge on any atom is 0.350 e. The predicted octanol–water partition coefficient (Wildman–Crippen LogP) is 0.703. The number of esters is 1. The number of amides is 1. The Hall–Kier alpha value is -3.19. The zero-order chi connectivity index (χ0) is 18.8. The Bertz CT molecular complexity index is 1040. The Morgan fingerprint density at radius 2 is 2.15 bits per heavy atom. The molecule has 0 atom stereocenters. The number of ether oxygens (including phenoxy) is 1. The number of nitriles is 1. The normalized spacial score (nSPS) is 13.1. The molecule has 1 amide bonds. The van der Waals surface area contributed by atoms with Crippen LogP contribution in [0.3, 0.4) is 0 Å². The summed E-state index contributed by atoms with van der Waals surface area (Å²) >= 11 is 1.09. The number of aromatic nitrogens is 2. The van der Waals surface area contributed by atoms with Gasteiger partial charge in [-0.3, -0.25) is 14.2 Å². The molecule has 0 aliphatic heterocycles. The van der Waals surface area contributed by atoms with Gasteiger partial charge in [-0.15, -0.1) is 11.3 Å². The molecule has 1 N–H and O–H groups in total. The second-order valence-electron chi connectivity index (χ2n) is 5.67. The van der Waals surface area contributed by atoms with Crippen molar-refractivity contribution in [3.05, 3.63) is 48.9 Å². The fraction of sp³-hybridized carbons (Fsp3) is 0.312. The van der Waals surface area contributed by atoms with Crippen LogP contribution in [0.15, 0.2) is 27.2 Å². The zero-order valence-corrected chi connectivity index (χ0v) is 14.5. The molecule has 2 heterocycles. The molecular formula is C16H14N4O5S. The van der Waals surface area contributed by atoms with E-state index in [1.54, 1.807) is 11.4 Å². The average Bonchev–Trinajstić information content (AvgIpc) is 3.37. The lowest BCUT2D eigenvalue weighted by Gasteiger charge is -2.10. The lowest BCUT2D eigenvalue weighted by Crippen LogP contribution is -2.43. The molecule has 134 valence electrons. The van der Waals surface area contributed by atoms with Crippen LogP contribution in [0.25, 0.3) is 0 Å². The zero-order valence-electron chi connectivity index (χ0n) is 13.7. The number of thiophene rings is 1. The van der Waals surface area contributed by atoms with Gasteiger partial charge in [0.25, 0.3) is 5.56 Å². The van der Waals surface area contributed by atoms with Gasteiger partial charge in [-0.1, -0.05) is 0 Å². The molecule has 0 saturated heterocycles. The van der Waals surface area contributed by atoms with E-state index < -0.39 is 29.7 Å². The van der Waals surface area contributed by atoms with E-state index >= 15 is 0 Å². The number of methoxy groups -OCH3 is 1. The number of anilines is 1. The summed E-state index contributed by atoms with van der Waals surface area (Å²) in [6.07, 6.45) is 2.81. The summed E-state index contributed by atoms with van der Waals surface area (Å²) < 4.78 is 6.68. The van der Waals surface area contributed by atoms with Gasteiger partial charge in [0.1, 0.15) is 23.1 Å². The van der Waals surface area contributed by atoms with Gasteiger partial charge in [0, 0.05) is 12.2 Å². The summed E-state index contributed by atoms with van der Waals surface area (Å²) in [5.74, 6) is -1.26. The van der Waals surface area contributed by atoms with E-state index in [0.717, 1.165) is 28.7 Å². The highest BCUT2D eigenvalue weighted by Gasteiger charge is 2.27. The second kappa shape index (κ2) is 6.97. The molecule has 1 aliphatic carbocycles. The summed E-state index contributed by atoms with van der Waals surface area (Å²) in [7, 11) is 1.22. The number of nitrogens with one attached hydrogen (secondary N) is 1. The molecule has 0 spiro atoms. The Morgan fingerprint density at radius 3 is 2.77 bits per heavy atom. The summed E-state index contributed by atoms with van der Waals surface area (Å²) in [6, 6.07) is 3.22. The minimum Gasteiger partial charge on any atom is -0.465 e. The van der Waals surface area contributed by atoms with Gasteiger partial charge in [-0.05, 0) is 24.3 Å². The Kier molecular flexibility index (Phi) is 4.73. The fourth-order valence-electron chi connectivity index (χ4n) is 2.44. The molecule has 26 heavy (non-hydrogen) atoms. The monoisotopic (exact) mass is 374 g/mol. The number of hydrogen-bond donors (Lipinski definition) is 1. The van der Waals surface area contributed by atoms with Crippen molar-refractivity contribution in [2.45, 2.75) is 25.4 Å². The smallest absolute Gasteiger partial charge is 0.350 e.